The van der Waals surface area contributed by atoms with Crippen molar-refractivity contribution in [3.63, 3.8) is 0 Å². The molecule has 1 heterocycles. The highest BCUT2D eigenvalue weighted by Crippen LogP contribution is 2.28. The highest BCUT2D eigenvalue weighted by atomic mass is 35.5. The van der Waals surface area contributed by atoms with Crippen LogP contribution >= 0.6 is 11.6 Å². The van der Waals surface area contributed by atoms with Gasteiger partial charge in [0.05, 0.1) is 11.1 Å². The minimum Gasteiger partial charge on any atom is -0.489 e. The van der Waals surface area contributed by atoms with Gasteiger partial charge in [0.15, 0.2) is 0 Å². The second-order valence-electron chi connectivity index (χ2n) is 4.78. The molecule has 1 aromatic carbocycles. The number of hydrogen-bond donors (Lipinski definition) is 1. The van der Waals surface area contributed by atoms with Crippen molar-refractivity contribution in [1.29, 1.82) is 0 Å². The van der Waals surface area contributed by atoms with E-state index >= 15 is 0 Å². The maximum atomic E-state index is 6.17. The molecule has 0 bridgehead atoms. The lowest BCUT2D eigenvalue weighted by Crippen LogP contribution is -2.25. The van der Waals surface area contributed by atoms with Gasteiger partial charge in [0, 0.05) is 12.6 Å². The van der Waals surface area contributed by atoms with E-state index in [0.29, 0.717) is 17.4 Å². The summed E-state index contributed by atoms with van der Waals surface area (Å²) >= 11 is 6.17. The summed E-state index contributed by atoms with van der Waals surface area (Å²) in [7, 11) is 0. The molecule has 0 spiro atoms. The third-order valence-corrected chi connectivity index (χ3v) is 3.48. The van der Waals surface area contributed by atoms with E-state index in [4.69, 9.17) is 26.8 Å². The Morgan fingerprint density at radius 3 is 2.94 bits per heavy atom. The zero-order chi connectivity index (χ0) is 13.0. The van der Waals surface area contributed by atoms with Crippen LogP contribution in [0.1, 0.15) is 37.8 Å². The predicted octanol–water partition coefficient (Wildman–Crippen LogP) is 3.31. The Morgan fingerprint density at radius 2 is 2.33 bits per heavy atom. The summed E-state index contributed by atoms with van der Waals surface area (Å²) in [5, 5.41) is 0.612. The number of hydrogen-bond acceptors (Lipinski definition) is 3. The van der Waals surface area contributed by atoms with Crippen molar-refractivity contribution in [2.75, 3.05) is 13.2 Å². The lowest BCUT2D eigenvalue weighted by molar-refractivity contribution is -0.0110. The second kappa shape index (κ2) is 6.41. The van der Waals surface area contributed by atoms with E-state index in [1.165, 1.54) is 6.42 Å². The standard InChI is InChI=1S/C14H20ClNO2/c1-10(16)11-5-6-14(13(15)8-11)18-9-12-4-2-3-7-17-12/h5-6,8,10,12H,2-4,7,9,16H2,1H3. The highest BCUT2D eigenvalue weighted by Gasteiger charge is 2.15. The second-order valence-corrected chi connectivity index (χ2v) is 5.19. The SMILES string of the molecule is CC(N)c1ccc(OCC2CCCCO2)c(Cl)c1. The lowest BCUT2D eigenvalue weighted by atomic mass is 10.1. The molecule has 1 aromatic rings. The van der Waals surface area contributed by atoms with Gasteiger partial charge in [0.1, 0.15) is 12.4 Å². The molecule has 3 nitrogen and oxygen atoms in total. The first-order valence-corrected chi connectivity index (χ1v) is 6.84. The summed E-state index contributed by atoms with van der Waals surface area (Å²) in [6, 6.07) is 5.68. The Bertz CT molecular complexity index is 389. The van der Waals surface area contributed by atoms with Gasteiger partial charge in [0.2, 0.25) is 0 Å². The summed E-state index contributed by atoms with van der Waals surface area (Å²) in [6.07, 6.45) is 3.63. The van der Waals surface area contributed by atoms with Crippen molar-refractivity contribution >= 4 is 11.6 Å². The fourth-order valence-corrected chi connectivity index (χ4v) is 2.28. The number of rotatable bonds is 4. The molecule has 2 rings (SSSR count). The first kappa shape index (κ1) is 13.7. The molecule has 0 saturated carbocycles. The fraction of sp³-hybridized carbons (Fsp3) is 0.571. The third-order valence-electron chi connectivity index (χ3n) is 3.18. The van der Waals surface area contributed by atoms with Crippen LogP contribution in [0.2, 0.25) is 5.02 Å². The molecule has 2 N–H and O–H groups in total. The maximum Gasteiger partial charge on any atom is 0.138 e. The number of nitrogens with two attached hydrogens (primary N) is 1. The number of halogens is 1. The molecule has 4 heteroatoms. The summed E-state index contributed by atoms with van der Waals surface area (Å²) in [5.41, 5.74) is 6.82. The minimum atomic E-state index is -0.0155. The van der Waals surface area contributed by atoms with E-state index < -0.39 is 0 Å². The molecule has 2 unspecified atom stereocenters. The molecule has 1 aliphatic heterocycles. The van der Waals surface area contributed by atoms with Crippen molar-refractivity contribution in [3.8, 4) is 5.75 Å². The van der Waals surface area contributed by atoms with Gasteiger partial charge in [-0.15, -0.1) is 0 Å². The molecule has 2 atom stereocenters. The summed E-state index contributed by atoms with van der Waals surface area (Å²) < 4.78 is 11.3. The van der Waals surface area contributed by atoms with E-state index in [1.54, 1.807) is 0 Å². The van der Waals surface area contributed by atoms with Crippen LogP contribution in [0, 0.1) is 0 Å². The molecule has 100 valence electrons. The van der Waals surface area contributed by atoms with Crippen LogP contribution in [0.15, 0.2) is 18.2 Å². The van der Waals surface area contributed by atoms with E-state index in [1.807, 2.05) is 25.1 Å². The Kier molecular flexibility index (Phi) is 4.87. The first-order chi connectivity index (χ1) is 8.66. The predicted molar refractivity (Wildman–Crippen MR) is 73.1 cm³/mol. The van der Waals surface area contributed by atoms with Crippen molar-refractivity contribution in [2.45, 2.75) is 38.3 Å². The Labute approximate surface area is 113 Å². The molecule has 0 radical (unpaired) electrons. The number of ether oxygens (including phenoxy) is 2. The van der Waals surface area contributed by atoms with Crippen LogP contribution in [0.4, 0.5) is 0 Å². The average Bonchev–Trinajstić information content (AvgIpc) is 2.38. The van der Waals surface area contributed by atoms with Crippen molar-refractivity contribution in [1.82, 2.24) is 0 Å². The Hall–Kier alpha value is -0.770. The molecule has 1 saturated heterocycles. The molecular formula is C14H20ClNO2. The lowest BCUT2D eigenvalue weighted by Gasteiger charge is -2.23. The normalized spacial score (nSPS) is 21.6. The molecule has 18 heavy (non-hydrogen) atoms. The van der Waals surface area contributed by atoms with Gasteiger partial charge < -0.3 is 15.2 Å². The molecule has 0 amide bonds. The molecule has 1 aliphatic rings. The quantitative estimate of drug-likeness (QED) is 0.912. The molecule has 1 fully saturated rings. The smallest absolute Gasteiger partial charge is 0.138 e. The minimum absolute atomic E-state index is 0.0155. The average molecular weight is 270 g/mol. The van der Waals surface area contributed by atoms with Crippen LogP contribution in [-0.4, -0.2) is 19.3 Å². The molecular weight excluding hydrogens is 250 g/mol. The van der Waals surface area contributed by atoms with Gasteiger partial charge in [-0.2, -0.15) is 0 Å². The van der Waals surface area contributed by atoms with Gasteiger partial charge in [-0.25, -0.2) is 0 Å². The molecule has 0 aliphatic carbocycles. The van der Waals surface area contributed by atoms with Crippen LogP contribution in [0.3, 0.4) is 0 Å². The van der Waals surface area contributed by atoms with Crippen LogP contribution in [-0.2, 0) is 4.74 Å². The Balaban J connectivity index is 1.92. The number of benzene rings is 1. The van der Waals surface area contributed by atoms with E-state index in [0.717, 1.165) is 25.0 Å². The topological polar surface area (TPSA) is 44.5 Å². The van der Waals surface area contributed by atoms with Crippen molar-refractivity contribution in [3.05, 3.63) is 28.8 Å². The largest absolute Gasteiger partial charge is 0.489 e. The van der Waals surface area contributed by atoms with Gasteiger partial charge in [-0.3, -0.25) is 0 Å². The van der Waals surface area contributed by atoms with Gasteiger partial charge in [-0.1, -0.05) is 17.7 Å². The third kappa shape index (κ3) is 3.61. The van der Waals surface area contributed by atoms with Crippen LogP contribution in [0.5, 0.6) is 5.75 Å². The van der Waals surface area contributed by atoms with Crippen molar-refractivity contribution in [2.24, 2.45) is 5.73 Å². The Morgan fingerprint density at radius 1 is 1.50 bits per heavy atom. The summed E-state index contributed by atoms with van der Waals surface area (Å²) in [4.78, 5) is 0. The summed E-state index contributed by atoms with van der Waals surface area (Å²) in [6.45, 7) is 3.34. The zero-order valence-electron chi connectivity index (χ0n) is 10.7. The van der Waals surface area contributed by atoms with Crippen LogP contribution in [0.25, 0.3) is 0 Å². The van der Waals surface area contributed by atoms with Gasteiger partial charge in [-0.05, 0) is 43.9 Å². The van der Waals surface area contributed by atoms with E-state index in [2.05, 4.69) is 0 Å². The maximum absolute atomic E-state index is 6.17. The van der Waals surface area contributed by atoms with Gasteiger partial charge in [0.25, 0.3) is 0 Å². The fourth-order valence-electron chi connectivity index (χ4n) is 2.04. The highest BCUT2D eigenvalue weighted by molar-refractivity contribution is 6.32. The monoisotopic (exact) mass is 269 g/mol. The van der Waals surface area contributed by atoms with E-state index in [9.17, 15) is 0 Å². The van der Waals surface area contributed by atoms with Crippen molar-refractivity contribution < 1.29 is 9.47 Å². The zero-order valence-corrected chi connectivity index (χ0v) is 11.5. The molecule has 0 aromatic heterocycles. The summed E-state index contributed by atoms with van der Waals surface area (Å²) in [5.74, 6) is 0.704. The first-order valence-electron chi connectivity index (χ1n) is 6.46. The van der Waals surface area contributed by atoms with Crippen LogP contribution < -0.4 is 10.5 Å². The van der Waals surface area contributed by atoms with E-state index in [-0.39, 0.29) is 12.1 Å². The van der Waals surface area contributed by atoms with Gasteiger partial charge >= 0.3 is 0 Å².